The van der Waals surface area contributed by atoms with E-state index in [1.54, 1.807) is 18.3 Å². The van der Waals surface area contributed by atoms with Crippen LogP contribution in [0.1, 0.15) is 28.9 Å². The van der Waals surface area contributed by atoms with Gasteiger partial charge in [-0.3, -0.25) is 9.78 Å². The number of hydrogen-bond donors (Lipinski definition) is 1. The van der Waals surface area contributed by atoms with Crippen LogP contribution < -0.4 is 0 Å². The summed E-state index contributed by atoms with van der Waals surface area (Å²) >= 11 is 0. The highest BCUT2D eigenvalue weighted by atomic mass is 16.5. The molecule has 5 heteroatoms. The van der Waals surface area contributed by atoms with E-state index in [2.05, 4.69) is 4.98 Å². The lowest BCUT2D eigenvalue weighted by atomic mass is 10.0. The van der Waals surface area contributed by atoms with Crippen molar-refractivity contribution in [3.63, 3.8) is 0 Å². The van der Waals surface area contributed by atoms with Crippen molar-refractivity contribution in [2.75, 3.05) is 13.1 Å². The highest BCUT2D eigenvalue weighted by Gasteiger charge is 2.24. The van der Waals surface area contributed by atoms with Crippen molar-refractivity contribution in [1.29, 1.82) is 0 Å². The fourth-order valence-corrected chi connectivity index (χ4v) is 3.58. The van der Waals surface area contributed by atoms with E-state index in [9.17, 15) is 9.90 Å². The summed E-state index contributed by atoms with van der Waals surface area (Å²) < 4.78 is 5.97. The van der Waals surface area contributed by atoms with Gasteiger partial charge in [-0.05, 0) is 60.4 Å². The van der Waals surface area contributed by atoms with Crippen molar-refractivity contribution in [2.45, 2.75) is 25.6 Å². The number of rotatable bonds is 5. The number of carbonyl (C=O) groups excluding carboxylic acids is 1. The minimum atomic E-state index is 0.0498. The van der Waals surface area contributed by atoms with Gasteiger partial charge in [0.15, 0.2) is 0 Å². The maximum Gasteiger partial charge on any atom is 0.253 e. The average Bonchev–Trinajstić information content (AvgIpc) is 2.79. The number of pyridine rings is 1. The summed E-state index contributed by atoms with van der Waals surface area (Å²) in [6.45, 7) is 1.89. The number of hydrogen-bond acceptors (Lipinski definition) is 4. The predicted octanol–water partition coefficient (Wildman–Crippen LogP) is 4.28. The molecule has 2 heterocycles. The molecule has 0 atom stereocenters. The molecule has 0 saturated carbocycles. The third kappa shape index (κ3) is 4.81. The first-order valence-corrected chi connectivity index (χ1v) is 9.89. The van der Waals surface area contributed by atoms with Gasteiger partial charge >= 0.3 is 0 Å². The van der Waals surface area contributed by atoms with Crippen molar-refractivity contribution in [2.24, 2.45) is 0 Å². The molecule has 0 radical (unpaired) electrons. The number of aromatic hydroxyl groups is 1. The summed E-state index contributed by atoms with van der Waals surface area (Å²) in [4.78, 5) is 19.1. The van der Waals surface area contributed by atoms with Gasteiger partial charge in [-0.15, -0.1) is 0 Å². The Labute approximate surface area is 170 Å². The summed E-state index contributed by atoms with van der Waals surface area (Å²) in [5.74, 6) is 0.280. The van der Waals surface area contributed by atoms with Crippen LogP contribution in [0.4, 0.5) is 0 Å². The van der Waals surface area contributed by atoms with Crippen LogP contribution in [0, 0.1) is 0 Å². The first-order valence-electron chi connectivity index (χ1n) is 9.89. The summed E-state index contributed by atoms with van der Waals surface area (Å²) in [6.07, 6.45) is 3.59. The number of amides is 1. The Kier molecular flexibility index (Phi) is 5.86. The van der Waals surface area contributed by atoms with Crippen LogP contribution in [-0.2, 0) is 11.3 Å². The molecule has 5 nitrogen and oxygen atoms in total. The minimum absolute atomic E-state index is 0.0498. The van der Waals surface area contributed by atoms with Crippen molar-refractivity contribution < 1.29 is 14.6 Å². The number of phenols is 1. The molecule has 1 aliphatic heterocycles. The van der Waals surface area contributed by atoms with E-state index in [-0.39, 0.29) is 17.8 Å². The molecule has 4 rings (SSSR count). The molecule has 29 heavy (non-hydrogen) atoms. The molecule has 1 aliphatic rings. The highest BCUT2D eigenvalue weighted by molar-refractivity contribution is 5.95. The molecule has 0 aliphatic carbocycles. The minimum Gasteiger partial charge on any atom is -0.508 e. The highest BCUT2D eigenvalue weighted by Crippen LogP contribution is 2.24. The number of carbonyl (C=O) groups is 1. The second-order valence-corrected chi connectivity index (χ2v) is 7.25. The molecule has 148 valence electrons. The van der Waals surface area contributed by atoms with Gasteiger partial charge < -0.3 is 14.7 Å². The molecule has 1 N–H and O–H groups in total. The smallest absolute Gasteiger partial charge is 0.253 e. The van der Waals surface area contributed by atoms with Gasteiger partial charge in [0, 0.05) is 24.8 Å². The van der Waals surface area contributed by atoms with Crippen LogP contribution in [0.3, 0.4) is 0 Å². The zero-order valence-electron chi connectivity index (χ0n) is 16.2. The number of nitrogens with zero attached hydrogens (tertiary/aromatic N) is 2. The zero-order valence-corrected chi connectivity index (χ0v) is 16.2. The summed E-state index contributed by atoms with van der Waals surface area (Å²) in [5.41, 5.74) is 3.55. The number of ether oxygens (including phenoxy) is 1. The normalized spacial score (nSPS) is 14.7. The molecule has 1 saturated heterocycles. The number of aromatic nitrogens is 1. The Hall–Kier alpha value is -3.18. The molecule has 2 aromatic carbocycles. The maximum absolute atomic E-state index is 13.0. The van der Waals surface area contributed by atoms with E-state index in [0.29, 0.717) is 25.3 Å². The van der Waals surface area contributed by atoms with Crippen LogP contribution >= 0.6 is 0 Å². The zero-order chi connectivity index (χ0) is 20.1. The van der Waals surface area contributed by atoms with Gasteiger partial charge in [0.1, 0.15) is 5.75 Å². The molecule has 3 aromatic rings. The monoisotopic (exact) mass is 388 g/mol. The quantitative estimate of drug-likeness (QED) is 0.709. The van der Waals surface area contributed by atoms with Crippen molar-refractivity contribution in [3.8, 4) is 16.9 Å². The summed E-state index contributed by atoms with van der Waals surface area (Å²) in [6, 6.07) is 20.5. The van der Waals surface area contributed by atoms with Crippen molar-refractivity contribution in [1.82, 2.24) is 9.88 Å². The topological polar surface area (TPSA) is 62.7 Å². The third-order valence-corrected chi connectivity index (χ3v) is 5.23. The first-order chi connectivity index (χ1) is 14.2. The van der Waals surface area contributed by atoms with E-state index in [0.717, 1.165) is 29.7 Å². The van der Waals surface area contributed by atoms with Gasteiger partial charge in [0.05, 0.1) is 18.4 Å². The second kappa shape index (κ2) is 8.88. The lowest BCUT2D eigenvalue weighted by Gasteiger charge is -2.32. The largest absolute Gasteiger partial charge is 0.508 e. The van der Waals surface area contributed by atoms with Crippen LogP contribution in [0.25, 0.3) is 11.1 Å². The fourth-order valence-electron chi connectivity index (χ4n) is 3.58. The number of piperidine rings is 1. The number of benzene rings is 2. The lowest BCUT2D eigenvalue weighted by Crippen LogP contribution is -2.40. The fraction of sp³-hybridized carbons (Fsp3) is 0.250. The third-order valence-electron chi connectivity index (χ3n) is 5.23. The SMILES string of the molecule is O=C(c1cccc(-c2ccc(O)cc2)c1)N1CCC(OCc2ccccn2)CC1. The van der Waals surface area contributed by atoms with Gasteiger partial charge in [0.2, 0.25) is 0 Å². The van der Waals surface area contributed by atoms with Crippen LogP contribution in [0.5, 0.6) is 5.75 Å². The van der Waals surface area contributed by atoms with Crippen molar-refractivity contribution >= 4 is 5.91 Å². The number of likely N-dealkylation sites (tertiary alicyclic amines) is 1. The van der Waals surface area contributed by atoms with Gasteiger partial charge in [-0.2, -0.15) is 0 Å². The van der Waals surface area contributed by atoms with Crippen LogP contribution in [0.2, 0.25) is 0 Å². The Bertz CT molecular complexity index is 949. The Morgan fingerprint density at radius 2 is 1.79 bits per heavy atom. The van der Waals surface area contributed by atoms with E-state index >= 15 is 0 Å². The average molecular weight is 388 g/mol. The molecule has 1 aromatic heterocycles. The van der Waals surface area contributed by atoms with Crippen LogP contribution in [0.15, 0.2) is 72.9 Å². The maximum atomic E-state index is 13.0. The molecule has 0 spiro atoms. The van der Waals surface area contributed by atoms with E-state index in [4.69, 9.17) is 4.74 Å². The van der Waals surface area contributed by atoms with Gasteiger partial charge in [0.25, 0.3) is 5.91 Å². The van der Waals surface area contributed by atoms with Crippen molar-refractivity contribution in [3.05, 3.63) is 84.2 Å². The number of phenolic OH excluding ortho intramolecular Hbond substituents is 1. The Morgan fingerprint density at radius 3 is 2.52 bits per heavy atom. The molecule has 0 bridgehead atoms. The van der Waals surface area contributed by atoms with Gasteiger partial charge in [-0.25, -0.2) is 0 Å². The molecule has 1 amide bonds. The predicted molar refractivity (Wildman–Crippen MR) is 111 cm³/mol. The van der Waals surface area contributed by atoms with Gasteiger partial charge in [-0.1, -0.05) is 30.3 Å². The van der Waals surface area contributed by atoms with E-state index < -0.39 is 0 Å². The first kappa shape index (κ1) is 19.2. The summed E-state index contributed by atoms with van der Waals surface area (Å²) in [5, 5.41) is 9.47. The molecular formula is C24H24N2O3. The Morgan fingerprint density at radius 1 is 1.00 bits per heavy atom. The molecular weight excluding hydrogens is 364 g/mol. The molecule has 1 fully saturated rings. The Balaban J connectivity index is 1.35. The molecule has 0 unspecified atom stereocenters. The van der Waals surface area contributed by atoms with Crippen LogP contribution in [-0.4, -0.2) is 40.1 Å². The standard InChI is InChI=1S/C24H24N2O3/c27-22-9-7-18(8-10-22)19-4-3-5-20(16-19)24(28)26-14-11-23(12-15-26)29-17-21-6-1-2-13-25-21/h1-10,13,16,23,27H,11-12,14-15,17H2. The lowest BCUT2D eigenvalue weighted by molar-refractivity contribution is -0.00160. The second-order valence-electron chi connectivity index (χ2n) is 7.25. The van der Waals surface area contributed by atoms with E-state index in [1.807, 2.05) is 59.5 Å². The summed E-state index contributed by atoms with van der Waals surface area (Å²) in [7, 11) is 0. The van der Waals surface area contributed by atoms with E-state index in [1.165, 1.54) is 0 Å².